The highest BCUT2D eigenvalue weighted by Gasteiger charge is 2.35. The van der Waals surface area contributed by atoms with Crippen molar-refractivity contribution in [2.75, 3.05) is 18.0 Å². The summed E-state index contributed by atoms with van der Waals surface area (Å²) in [6.07, 6.45) is -4.01. The third-order valence-electron chi connectivity index (χ3n) is 3.39. The van der Waals surface area contributed by atoms with Gasteiger partial charge < -0.3 is 10.0 Å². The number of carboxylic acid groups (broad SMARTS) is 1. The average molecular weight is 304 g/mol. The molecule has 0 saturated carbocycles. The van der Waals surface area contributed by atoms with Crippen LogP contribution in [0.4, 0.5) is 23.9 Å². The number of nitrogens with zero attached hydrogens (tertiary/aromatic N) is 4. The van der Waals surface area contributed by atoms with Crippen molar-refractivity contribution in [3.63, 3.8) is 0 Å². The number of hydrogen-bond donors (Lipinski definition) is 1. The van der Waals surface area contributed by atoms with Gasteiger partial charge in [0.15, 0.2) is 0 Å². The topological polar surface area (TPSA) is 69.6 Å². The van der Waals surface area contributed by atoms with Crippen LogP contribution in [0.2, 0.25) is 0 Å². The molecule has 1 saturated heterocycles. The molecule has 1 aromatic heterocycles. The fourth-order valence-corrected chi connectivity index (χ4v) is 2.49. The van der Waals surface area contributed by atoms with Gasteiger partial charge in [-0.2, -0.15) is 13.2 Å². The van der Waals surface area contributed by atoms with E-state index in [1.165, 1.54) is 4.90 Å². The lowest BCUT2D eigenvalue weighted by Gasteiger charge is -2.42. The first kappa shape index (κ1) is 15.3. The van der Waals surface area contributed by atoms with Crippen LogP contribution in [0.3, 0.4) is 0 Å². The van der Waals surface area contributed by atoms with Crippen LogP contribution in [0, 0.1) is 0 Å². The van der Waals surface area contributed by atoms with Crippen LogP contribution in [-0.2, 0) is 6.18 Å². The number of hydrogen-bond acceptors (Lipinski definition) is 4. The van der Waals surface area contributed by atoms with Crippen molar-refractivity contribution in [2.24, 2.45) is 0 Å². The Balaban J connectivity index is 2.15. The average Bonchev–Trinajstić information content (AvgIpc) is 2.36. The summed E-state index contributed by atoms with van der Waals surface area (Å²) in [5.41, 5.74) is -0.906. The molecule has 0 radical (unpaired) electrons. The Bertz CT molecular complexity index is 508. The van der Waals surface area contributed by atoms with Gasteiger partial charge in [-0.05, 0) is 13.8 Å². The summed E-state index contributed by atoms with van der Waals surface area (Å²) in [5.74, 6) is 0.173. The van der Waals surface area contributed by atoms with Gasteiger partial charge in [0.2, 0.25) is 5.95 Å². The molecule has 2 atom stereocenters. The summed E-state index contributed by atoms with van der Waals surface area (Å²) in [7, 11) is 0. The van der Waals surface area contributed by atoms with E-state index >= 15 is 0 Å². The van der Waals surface area contributed by atoms with Crippen molar-refractivity contribution in [1.29, 1.82) is 0 Å². The number of anilines is 1. The fraction of sp³-hybridized carbons (Fsp3) is 0.583. The summed E-state index contributed by atoms with van der Waals surface area (Å²) >= 11 is 0. The number of piperazine rings is 1. The second-order valence-corrected chi connectivity index (χ2v) is 5.06. The van der Waals surface area contributed by atoms with Crippen LogP contribution >= 0.6 is 0 Å². The number of carbonyl (C=O) groups is 1. The molecule has 0 unspecified atom stereocenters. The molecule has 1 amide bonds. The van der Waals surface area contributed by atoms with Crippen molar-refractivity contribution in [1.82, 2.24) is 14.9 Å². The van der Waals surface area contributed by atoms with Crippen molar-refractivity contribution < 1.29 is 23.1 Å². The first-order valence-corrected chi connectivity index (χ1v) is 6.35. The molecule has 0 bridgehead atoms. The number of rotatable bonds is 1. The zero-order valence-corrected chi connectivity index (χ0v) is 11.5. The predicted octanol–water partition coefficient (Wildman–Crippen LogP) is 2.07. The van der Waals surface area contributed by atoms with E-state index in [2.05, 4.69) is 9.97 Å². The Morgan fingerprint density at radius 3 is 2.10 bits per heavy atom. The molecule has 9 heteroatoms. The van der Waals surface area contributed by atoms with Gasteiger partial charge in [-0.15, -0.1) is 0 Å². The second-order valence-electron chi connectivity index (χ2n) is 5.06. The third-order valence-corrected chi connectivity index (χ3v) is 3.39. The summed E-state index contributed by atoms with van der Waals surface area (Å²) in [6, 6.07) is -0.589. The minimum Gasteiger partial charge on any atom is -0.465 e. The van der Waals surface area contributed by atoms with E-state index in [1.807, 2.05) is 0 Å². The van der Waals surface area contributed by atoms with Gasteiger partial charge in [0, 0.05) is 25.5 Å². The lowest BCUT2D eigenvalue weighted by Crippen LogP contribution is -2.58. The number of amides is 1. The highest BCUT2D eigenvalue weighted by molar-refractivity contribution is 5.66. The summed E-state index contributed by atoms with van der Waals surface area (Å²) in [6.45, 7) is 4.14. The Kier molecular flexibility index (Phi) is 3.93. The van der Waals surface area contributed by atoms with E-state index in [0.717, 1.165) is 12.4 Å². The van der Waals surface area contributed by atoms with E-state index in [4.69, 9.17) is 5.11 Å². The van der Waals surface area contributed by atoms with Crippen LogP contribution in [0.1, 0.15) is 19.4 Å². The predicted molar refractivity (Wildman–Crippen MR) is 68.0 cm³/mol. The largest absolute Gasteiger partial charge is 0.465 e. The van der Waals surface area contributed by atoms with Gasteiger partial charge in [0.05, 0.1) is 17.6 Å². The minimum atomic E-state index is -4.47. The van der Waals surface area contributed by atoms with Crippen LogP contribution in [0.25, 0.3) is 0 Å². The lowest BCUT2D eigenvalue weighted by molar-refractivity contribution is -0.138. The standard InChI is InChI=1S/C12H15F3N4O2/c1-7-5-18(6-8(2)19(7)11(20)21)10-16-3-9(4-17-10)12(13,14)15/h3-4,7-8H,5-6H2,1-2H3,(H,20,21)/t7-,8-/m1/s1. The van der Waals surface area contributed by atoms with E-state index in [9.17, 15) is 18.0 Å². The highest BCUT2D eigenvalue weighted by atomic mass is 19.4. The molecule has 1 aromatic rings. The number of halogens is 3. The second kappa shape index (κ2) is 5.38. The first-order chi connectivity index (χ1) is 9.70. The molecule has 21 heavy (non-hydrogen) atoms. The van der Waals surface area contributed by atoms with Crippen LogP contribution in [-0.4, -0.2) is 51.2 Å². The monoisotopic (exact) mass is 304 g/mol. The zero-order valence-electron chi connectivity index (χ0n) is 11.5. The van der Waals surface area contributed by atoms with Crippen molar-refractivity contribution in [2.45, 2.75) is 32.1 Å². The van der Waals surface area contributed by atoms with Crippen LogP contribution in [0.15, 0.2) is 12.4 Å². The number of alkyl halides is 3. The van der Waals surface area contributed by atoms with E-state index in [1.54, 1.807) is 18.7 Å². The molecule has 0 spiro atoms. The molecule has 116 valence electrons. The third kappa shape index (κ3) is 3.17. The maximum absolute atomic E-state index is 12.5. The molecule has 2 rings (SSSR count). The Labute approximate surface area is 119 Å². The quantitative estimate of drug-likeness (QED) is 0.860. The molecular formula is C12H15F3N4O2. The molecule has 0 aromatic carbocycles. The number of aromatic nitrogens is 2. The Morgan fingerprint density at radius 2 is 1.71 bits per heavy atom. The molecular weight excluding hydrogens is 289 g/mol. The molecule has 2 heterocycles. The highest BCUT2D eigenvalue weighted by Crippen LogP contribution is 2.28. The van der Waals surface area contributed by atoms with Crippen molar-refractivity contribution >= 4 is 12.0 Å². The van der Waals surface area contributed by atoms with E-state index < -0.39 is 17.8 Å². The molecule has 1 aliphatic rings. The molecule has 1 fully saturated rings. The molecule has 0 aliphatic carbocycles. The Morgan fingerprint density at radius 1 is 1.24 bits per heavy atom. The minimum absolute atomic E-state index is 0.173. The van der Waals surface area contributed by atoms with Gasteiger partial charge in [-0.25, -0.2) is 14.8 Å². The van der Waals surface area contributed by atoms with Gasteiger partial charge >= 0.3 is 12.3 Å². The van der Waals surface area contributed by atoms with Gasteiger partial charge in [0.1, 0.15) is 0 Å². The van der Waals surface area contributed by atoms with Gasteiger partial charge in [-0.3, -0.25) is 4.90 Å². The molecule has 1 aliphatic heterocycles. The zero-order chi connectivity index (χ0) is 15.8. The first-order valence-electron chi connectivity index (χ1n) is 6.35. The fourth-order valence-electron chi connectivity index (χ4n) is 2.49. The van der Waals surface area contributed by atoms with E-state index in [0.29, 0.717) is 13.1 Å². The maximum atomic E-state index is 12.5. The summed E-state index contributed by atoms with van der Waals surface area (Å²) in [4.78, 5) is 21.6. The smallest absolute Gasteiger partial charge is 0.419 e. The normalized spacial score (nSPS) is 23.3. The Hall–Kier alpha value is -2.06. The SMILES string of the molecule is C[C@@H]1CN(c2ncc(C(F)(F)F)cn2)C[C@@H](C)N1C(=O)O. The molecule has 1 N–H and O–H groups in total. The summed E-state index contributed by atoms with van der Waals surface area (Å²) < 4.78 is 37.4. The van der Waals surface area contributed by atoms with Crippen LogP contribution < -0.4 is 4.90 Å². The van der Waals surface area contributed by atoms with Crippen molar-refractivity contribution in [3.8, 4) is 0 Å². The summed E-state index contributed by atoms with van der Waals surface area (Å²) in [5, 5.41) is 9.11. The lowest BCUT2D eigenvalue weighted by atomic mass is 10.1. The van der Waals surface area contributed by atoms with Crippen LogP contribution in [0.5, 0.6) is 0 Å². The van der Waals surface area contributed by atoms with Crippen molar-refractivity contribution in [3.05, 3.63) is 18.0 Å². The van der Waals surface area contributed by atoms with Gasteiger partial charge in [-0.1, -0.05) is 0 Å². The van der Waals surface area contributed by atoms with Gasteiger partial charge in [0.25, 0.3) is 0 Å². The maximum Gasteiger partial charge on any atom is 0.419 e. The van der Waals surface area contributed by atoms with E-state index in [-0.39, 0.29) is 18.0 Å². The molecule has 6 nitrogen and oxygen atoms in total.